The number of allylic oxidation sites excluding steroid dienone is 4. The fraction of sp³-hybridized carbons (Fsp3) is 0.333. The monoisotopic (exact) mass is 163 g/mol. The Morgan fingerprint density at radius 1 is 1.50 bits per heavy atom. The molecule has 0 saturated heterocycles. The van der Waals surface area contributed by atoms with Gasteiger partial charge in [0, 0.05) is 5.70 Å². The van der Waals surface area contributed by atoms with E-state index in [-0.39, 0.29) is 0 Å². The summed E-state index contributed by atoms with van der Waals surface area (Å²) in [5.74, 6) is 0. The molecule has 12 heavy (non-hydrogen) atoms. The van der Waals surface area contributed by atoms with E-state index in [0.29, 0.717) is 0 Å². The molecule has 0 saturated carbocycles. The number of rotatable bonds is 1. The van der Waals surface area contributed by atoms with Crippen molar-refractivity contribution in [3.8, 4) is 0 Å². The number of nitrogens with zero attached hydrogens (tertiary/aromatic N) is 3. The molecule has 1 aliphatic heterocycles. The lowest BCUT2D eigenvalue weighted by molar-refractivity contribution is 0.476. The summed E-state index contributed by atoms with van der Waals surface area (Å²) in [7, 11) is 0. The van der Waals surface area contributed by atoms with E-state index < -0.39 is 0 Å². The summed E-state index contributed by atoms with van der Waals surface area (Å²) in [5, 5.41) is 5.98. The van der Waals surface area contributed by atoms with Crippen LogP contribution in [-0.2, 0) is 0 Å². The Labute approximate surface area is 72.8 Å². The molecule has 3 heteroatoms. The lowest BCUT2D eigenvalue weighted by Crippen LogP contribution is -2.18. The highest BCUT2D eigenvalue weighted by atomic mass is 15.5. The summed E-state index contributed by atoms with van der Waals surface area (Å²) in [4.78, 5) is 3.94. The van der Waals surface area contributed by atoms with Crippen LogP contribution in [0.4, 0.5) is 0 Å². The maximum Gasteiger partial charge on any atom is 0.136 e. The van der Waals surface area contributed by atoms with Crippen molar-refractivity contribution >= 4 is 12.6 Å². The second-order valence-corrected chi connectivity index (χ2v) is 2.46. The average molecular weight is 163 g/mol. The first-order valence-electron chi connectivity index (χ1n) is 3.94. The number of hydrogen-bond acceptors (Lipinski definition) is 3. The molecule has 1 heterocycles. The van der Waals surface area contributed by atoms with E-state index in [1.165, 1.54) is 0 Å². The zero-order valence-corrected chi connectivity index (χ0v) is 7.65. The van der Waals surface area contributed by atoms with E-state index in [1.54, 1.807) is 12.6 Å². The van der Waals surface area contributed by atoms with Crippen LogP contribution in [-0.4, -0.2) is 17.6 Å². The van der Waals surface area contributed by atoms with Crippen LogP contribution in [0.25, 0.3) is 0 Å². The van der Waals surface area contributed by atoms with Crippen LogP contribution in [0, 0.1) is 0 Å². The van der Waals surface area contributed by atoms with E-state index in [1.807, 2.05) is 37.9 Å². The van der Waals surface area contributed by atoms with E-state index >= 15 is 0 Å². The van der Waals surface area contributed by atoms with Crippen molar-refractivity contribution in [1.82, 2.24) is 5.01 Å². The predicted molar refractivity (Wildman–Crippen MR) is 52.0 cm³/mol. The molecule has 0 amide bonds. The number of hydrogen-bond donors (Lipinski definition) is 0. The number of aliphatic imine (C=N–C) groups is 1. The average Bonchev–Trinajstić information content (AvgIpc) is 2.16. The highest BCUT2D eigenvalue weighted by Gasteiger charge is 2.08. The molecule has 0 aliphatic carbocycles. The molecule has 0 atom stereocenters. The fourth-order valence-electron chi connectivity index (χ4n) is 0.926. The molecule has 0 unspecified atom stereocenters. The highest BCUT2D eigenvalue weighted by Crippen LogP contribution is 2.13. The van der Waals surface area contributed by atoms with Gasteiger partial charge in [-0.2, -0.15) is 5.10 Å². The van der Waals surface area contributed by atoms with Gasteiger partial charge in [0.1, 0.15) is 6.34 Å². The van der Waals surface area contributed by atoms with Gasteiger partial charge in [0.25, 0.3) is 0 Å². The van der Waals surface area contributed by atoms with Gasteiger partial charge in [-0.1, -0.05) is 12.2 Å². The summed E-state index contributed by atoms with van der Waals surface area (Å²) in [6.07, 6.45) is 7.33. The van der Waals surface area contributed by atoms with Crippen molar-refractivity contribution in [2.75, 3.05) is 0 Å². The maximum absolute atomic E-state index is 4.13. The van der Waals surface area contributed by atoms with Gasteiger partial charge in [-0.15, -0.1) is 0 Å². The first-order chi connectivity index (χ1) is 5.79. The highest BCUT2D eigenvalue weighted by molar-refractivity contribution is 5.86. The van der Waals surface area contributed by atoms with Gasteiger partial charge < -0.3 is 0 Å². The molecule has 3 nitrogen and oxygen atoms in total. The molecule has 0 aromatic heterocycles. The zero-order valence-electron chi connectivity index (χ0n) is 7.65. The molecule has 1 aliphatic rings. The quantitative estimate of drug-likeness (QED) is 0.582. The Bertz CT molecular complexity index is 271. The summed E-state index contributed by atoms with van der Waals surface area (Å²) in [6, 6.07) is 0. The van der Waals surface area contributed by atoms with Crippen molar-refractivity contribution in [2.45, 2.75) is 20.8 Å². The molecule has 1 rings (SSSR count). The van der Waals surface area contributed by atoms with Crippen LogP contribution in [0.2, 0.25) is 0 Å². The van der Waals surface area contributed by atoms with Gasteiger partial charge in [-0.05, 0) is 20.8 Å². The second kappa shape index (κ2) is 3.85. The topological polar surface area (TPSA) is 28.0 Å². The van der Waals surface area contributed by atoms with Crippen molar-refractivity contribution in [1.29, 1.82) is 0 Å². The minimum atomic E-state index is 1.01. The number of hydrazone groups is 1. The molecule has 0 aromatic rings. The van der Waals surface area contributed by atoms with Gasteiger partial charge in [0.2, 0.25) is 0 Å². The summed E-state index contributed by atoms with van der Waals surface area (Å²) in [5.41, 5.74) is 2.11. The molecular formula is C9H13N3. The second-order valence-electron chi connectivity index (χ2n) is 2.46. The largest absolute Gasteiger partial charge is 0.241 e. The Kier molecular flexibility index (Phi) is 2.80. The molecule has 0 fully saturated rings. The van der Waals surface area contributed by atoms with E-state index in [0.717, 1.165) is 11.4 Å². The molecule has 0 N–H and O–H groups in total. The third-order valence-corrected chi connectivity index (χ3v) is 1.73. The van der Waals surface area contributed by atoms with Crippen molar-refractivity contribution < 1.29 is 0 Å². The van der Waals surface area contributed by atoms with Crippen LogP contribution in [0.15, 0.2) is 33.6 Å². The third kappa shape index (κ3) is 1.61. The zero-order chi connectivity index (χ0) is 8.97. The van der Waals surface area contributed by atoms with Crippen LogP contribution in [0.5, 0.6) is 0 Å². The van der Waals surface area contributed by atoms with Crippen LogP contribution >= 0.6 is 0 Å². The molecule has 0 radical (unpaired) electrons. The van der Waals surface area contributed by atoms with Gasteiger partial charge in [0.05, 0.1) is 11.9 Å². The summed E-state index contributed by atoms with van der Waals surface area (Å²) < 4.78 is 0. The molecule has 0 bridgehead atoms. The van der Waals surface area contributed by atoms with Crippen molar-refractivity contribution in [3.05, 3.63) is 23.5 Å². The summed E-state index contributed by atoms with van der Waals surface area (Å²) in [6.45, 7) is 5.97. The fourth-order valence-corrected chi connectivity index (χ4v) is 0.926. The molecule has 64 valence electrons. The summed E-state index contributed by atoms with van der Waals surface area (Å²) >= 11 is 0. The van der Waals surface area contributed by atoms with E-state index in [4.69, 9.17) is 0 Å². The Morgan fingerprint density at radius 3 is 2.83 bits per heavy atom. The van der Waals surface area contributed by atoms with Gasteiger partial charge in [-0.3, -0.25) is 0 Å². The molecule has 0 aromatic carbocycles. The Hall–Kier alpha value is -1.38. The lowest BCUT2D eigenvalue weighted by Gasteiger charge is -2.21. The van der Waals surface area contributed by atoms with Gasteiger partial charge in [0.15, 0.2) is 0 Å². The van der Waals surface area contributed by atoms with Crippen molar-refractivity contribution in [2.24, 2.45) is 10.1 Å². The van der Waals surface area contributed by atoms with Crippen LogP contribution in [0.3, 0.4) is 0 Å². The van der Waals surface area contributed by atoms with Crippen molar-refractivity contribution in [3.63, 3.8) is 0 Å². The minimum Gasteiger partial charge on any atom is -0.241 e. The minimum absolute atomic E-state index is 1.01. The first-order valence-corrected chi connectivity index (χ1v) is 3.94. The maximum atomic E-state index is 4.13. The first kappa shape index (κ1) is 8.71. The third-order valence-electron chi connectivity index (χ3n) is 1.73. The molecule has 0 spiro atoms. The van der Waals surface area contributed by atoms with E-state index in [2.05, 4.69) is 10.1 Å². The SMILES string of the molecule is C/C=C(/C)N1N=CN=C/C1=C/C. The Morgan fingerprint density at radius 2 is 2.25 bits per heavy atom. The van der Waals surface area contributed by atoms with Crippen LogP contribution in [0.1, 0.15) is 20.8 Å². The normalized spacial score (nSPS) is 20.8. The smallest absolute Gasteiger partial charge is 0.136 e. The molecular weight excluding hydrogens is 150 g/mol. The Balaban J connectivity index is 2.91. The van der Waals surface area contributed by atoms with Gasteiger partial charge >= 0.3 is 0 Å². The van der Waals surface area contributed by atoms with Gasteiger partial charge in [-0.25, -0.2) is 10.0 Å². The lowest BCUT2D eigenvalue weighted by atomic mass is 10.3. The van der Waals surface area contributed by atoms with E-state index in [9.17, 15) is 0 Å². The predicted octanol–water partition coefficient (Wildman–Crippen LogP) is 2.14. The standard InChI is InChI=1S/C9H13N3/c1-4-8(3)12-9(5-2)6-10-7-11-12/h4-7H,1-3H3/b8-4-,9-5-. The van der Waals surface area contributed by atoms with Crippen LogP contribution < -0.4 is 0 Å².